The summed E-state index contributed by atoms with van der Waals surface area (Å²) in [6.07, 6.45) is 4.33. The second-order valence-corrected chi connectivity index (χ2v) is 5.66. The molecule has 0 saturated heterocycles. The van der Waals surface area contributed by atoms with E-state index in [1.54, 1.807) is 18.3 Å². The Bertz CT molecular complexity index is 597. The monoisotopic (exact) mass is 389 g/mol. The standard InChI is InChI=1S/C13H13ClIN3O/c1-18-7-6-16-12(18)4-5-17-13(19)9-2-3-11(15)10(14)8-9/h2-3,6-8H,4-5H2,1H3,(H,17,19). The van der Waals surface area contributed by atoms with Crippen molar-refractivity contribution in [2.45, 2.75) is 6.42 Å². The highest BCUT2D eigenvalue weighted by Gasteiger charge is 2.08. The topological polar surface area (TPSA) is 46.9 Å². The summed E-state index contributed by atoms with van der Waals surface area (Å²) in [6, 6.07) is 5.28. The van der Waals surface area contributed by atoms with Gasteiger partial charge in [0, 0.05) is 41.5 Å². The van der Waals surface area contributed by atoms with Gasteiger partial charge in [0.05, 0.1) is 5.02 Å². The molecule has 0 aliphatic carbocycles. The van der Waals surface area contributed by atoms with Crippen molar-refractivity contribution in [3.8, 4) is 0 Å². The average Bonchev–Trinajstić information content (AvgIpc) is 2.78. The number of hydrogen-bond acceptors (Lipinski definition) is 2. The Hall–Kier alpha value is -1.08. The number of rotatable bonds is 4. The number of imidazole rings is 1. The number of amides is 1. The number of nitrogens with zero attached hydrogens (tertiary/aromatic N) is 2. The maximum absolute atomic E-state index is 11.9. The minimum Gasteiger partial charge on any atom is -0.352 e. The molecule has 0 spiro atoms. The fraction of sp³-hybridized carbons (Fsp3) is 0.231. The van der Waals surface area contributed by atoms with Crippen molar-refractivity contribution in [2.75, 3.05) is 6.54 Å². The Balaban J connectivity index is 1.91. The van der Waals surface area contributed by atoms with Gasteiger partial charge in [0.2, 0.25) is 0 Å². The fourth-order valence-corrected chi connectivity index (χ4v) is 2.18. The summed E-state index contributed by atoms with van der Waals surface area (Å²) in [4.78, 5) is 16.1. The molecule has 0 atom stereocenters. The molecule has 0 unspecified atom stereocenters. The molecule has 1 N–H and O–H groups in total. The van der Waals surface area contributed by atoms with Crippen LogP contribution in [0.1, 0.15) is 16.2 Å². The Morgan fingerprint density at radius 3 is 2.95 bits per heavy atom. The van der Waals surface area contributed by atoms with E-state index >= 15 is 0 Å². The molecule has 2 aromatic rings. The van der Waals surface area contributed by atoms with Gasteiger partial charge in [-0.25, -0.2) is 4.98 Å². The molecule has 1 amide bonds. The van der Waals surface area contributed by atoms with Crippen molar-refractivity contribution in [2.24, 2.45) is 7.05 Å². The summed E-state index contributed by atoms with van der Waals surface area (Å²) in [5.41, 5.74) is 0.574. The lowest BCUT2D eigenvalue weighted by Crippen LogP contribution is -2.26. The minimum absolute atomic E-state index is 0.118. The fourth-order valence-electron chi connectivity index (χ4n) is 1.66. The van der Waals surface area contributed by atoms with Crippen molar-refractivity contribution in [3.05, 3.63) is 50.6 Å². The molecule has 100 valence electrons. The van der Waals surface area contributed by atoms with E-state index in [2.05, 4.69) is 32.9 Å². The van der Waals surface area contributed by atoms with E-state index < -0.39 is 0 Å². The molecule has 0 saturated carbocycles. The zero-order chi connectivity index (χ0) is 13.8. The van der Waals surface area contributed by atoms with Gasteiger partial charge in [-0.3, -0.25) is 4.79 Å². The largest absolute Gasteiger partial charge is 0.352 e. The van der Waals surface area contributed by atoms with Gasteiger partial charge < -0.3 is 9.88 Å². The van der Waals surface area contributed by atoms with Crippen LogP contribution in [0.2, 0.25) is 5.02 Å². The molecule has 1 aromatic heterocycles. The van der Waals surface area contributed by atoms with Crippen molar-refractivity contribution in [1.29, 1.82) is 0 Å². The number of hydrogen-bond donors (Lipinski definition) is 1. The van der Waals surface area contributed by atoms with Gasteiger partial charge in [0.15, 0.2) is 0 Å². The van der Waals surface area contributed by atoms with Crippen LogP contribution >= 0.6 is 34.2 Å². The number of aromatic nitrogens is 2. The van der Waals surface area contributed by atoms with Gasteiger partial charge in [-0.15, -0.1) is 0 Å². The summed E-state index contributed by atoms with van der Waals surface area (Å²) in [6.45, 7) is 0.549. The van der Waals surface area contributed by atoms with Crippen molar-refractivity contribution in [3.63, 3.8) is 0 Å². The van der Waals surface area contributed by atoms with Gasteiger partial charge in [0.1, 0.15) is 5.82 Å². The van der Waals surface area contributed by atoms with Crippen LogP contribution in [0.3, 0.4) is 0 Å². The highest BCUT2D eigenvalue weighted by molar-refractivity contribution is 14.1. The molecule has 0 aliphatic heterocycles. The Kier molecular flexibility index (Phi) is 4.81. The van der Waals surface area contributed by atoms with E-state index in [4.69, 9.17) is 11.6 Å². The molecule has 1 heterocycles. The molecule has 0 fully saturated rings. The van der Waals surface area contributed by atoms with Crippen LogP contribution in [0.5, 0.6) is 0 Å². The molecule has 0 bridgehead atoms. The van der Waals surface area contributed by atoms with Gasteiger partial charge in [-0.05, 0) is 40.8 Å². The lowest BCUT2D eigenvalue weighted by atomic mass is 10.2. The van der Waals surface area contributed by atoms with E-state index in [0.717, 1.165) is 9.39 Å². The molecule has 0 aliphatic rings. The first-order valence-electron chi connectivity index (χ1n) is 5.77. The van der Waals surface area contributed by atoms with Crippen molar-refractivity contribution >= 4 is 40.1 Å². The third-order valence-electron chi connectivity index (χ3n) is 2.74. The third-order valence-corrected chi connectivity index (χ3v) is 4.31. The van der Waals surface area contributed by atoms with Gasteiger partial charge >= 0.3 is 0 Å². The summed E-state index contributed by atoms with van der Waals surface area (Å²) in [7, 11) is 1.93. The van der Waals surface area contributed by atoms with Crippen LogP contribution < -0.4 is 5.32 Å². The second-order valence-electron chi connectivity index (χ2n) is 4.09. The zero-order valence-corrected chi connectivity index (χ0v) is 13.3. The van der Waals surface area contributed by atoms with Crippen LogP contribution in [0.15, 0.2) is 30.6 Å². The number of halogens is 2. The average molecular weight is 390 g/mol. The van der Waals surface area contributed by atoms with E-state index in [9.17, 15) is 4.79 Å². The SMILES string of the molecule is Cn1ccnc1CCNC(=O)c1ccc(I)c(Cl)c1. The van der Waals surface area contributed by atoms with Crippen LogP contribution in [0.4, 0.5) is 0 Å². The summed E-state index contributed by atoms with van der Waals surface area (Å²) in [5.74, 6) is 0.827. The number of carbonyl (C=O) groups excluding carboxylic acids is 1. The lowest BCUT2D eigenvalue weighted by molar-refractivity contribution is 0.0954. The molecule has 6 heteroatoms. The van der Waals surface area contributed by atoms with Crippen LogP contribution in [0.25, 0.3) is 0 Å². The zero-order valence-electron chi connectivity index (χ0n) is 10.4. The predicted octanol–water partition coefficient (Wildman–Crippen LogP) is 2.65. The summed E-state index contributed by atoms with van der Waals surface area (Å²) < 4.78 is 2.87. The first kappa shape index (κ1) is 14.3. The third kappa shape index (κ3) is 3.70. The second kappa shape index (κ2) is 6.38. The van der Waals surface area contributed by atoms with Crippen LogP contribution in [-0.2, 0) is 13.5 Å². The van der Waals surface area contributed by atoms with Gasteiger partial charge in [0.25, 0.3) is 5.91 Å². The van der Waals surface area contributed by atoms with Gasteiger partial charge in [-0.1, -0.05) is 11.6 Å². The summed E-state index contributed by atoms with van der Waals surface area (Å²) in [5, 5.41) is 3.45. The summed E-state index contributed by atoms with van der Waals surface area (Å²) >= 11 is 8.12. The first-order valence-corrected chi connectivity index (χ1v) is 7.23. The van der Waals surface area contributed by atoms with Gasteiger partial charge in [-0.2, -0.15) is 0 Å². The maximum Gasteiger partial charge on any atom is 0.251 e. The molecule has 1 aromatic carbocycles. The van der Waals surface area contributed by atoms with Crippen LogP contribution in [-0.4, -0.2) is 22.0 Å². The smallest absolute Gasteiger partial charge is 0.251 e. The quantitative estimate of drug-likeness (QED) is 0.817. The molecule has 4 nitrogen and oxygen atoms in total. The van der Waals surface area contributed by atoms with E-state index in [1.807, 2.05) is 23.9 Å². The number of aryl methyl sites for hydroxylation is 1. The normalized spacial score (nSPS) is 10.5. The Morgan fingerprint density at radius 1 is 1.53 bits per heavy atom. The van der Waals surface area contributed by atoms with E-state index in [1.165, 1.54) is 0 Å². The number of carbonyl (C=O) groups is 1. The number of nitrogens with one attached hydrogen (secondary N) is 1. The van der Waals surface area contributed by atoms with Crippen molar-refractivity contribution < 1.29 is 4.79 Å². The maximum atomic E-state index is 11.9. The van der Waals surface area contributed by atoms with Crippen molar-refractivity contribution in [1.82, 2.24) is 14.9 Å². The first-order chi connectivity index (χ1) is 9.08. The predicted molar refractivity (Wildman–Crippen MR) is 83.4 cm³/mol. The molecular formula is C13H13ClIN3O. The Labute approximate surface area is 130 Å². The van der Waals surface area contributed by atoms with E-state index in [0.29, 0.717) is 23.6 Å². The minimum atomic E-state index is -0.118. The molecular weight excluding hydrogens is 377 g/mol. The van der Waals surface area contributed by atoms with E-state index in [-0.39, 0.29) is 5.91 Å². The molecule has 19 heavy (non-hydrogen) atoms. The molecule has 0 radical (unpaired) electrons. The lowest BCUT2D eigenvalue weighted by Gasteiger charge is -2.06. The highest BCUT2D eigenvalue weighted by atomic mass is 127. The number of benzene rings is 1. The van der Waals surface area contributed by atoms with Crippen LogP contribution in [0, 0.1) is 3.57 Å². The highest BCUT2D eigenvalue weighted by Crippen LogP contribution is 2.19. The Morgan fingerprint density at radius 2 is 2.32 bits per heavy atom. The molecule has 2 rings (SSSR count).